The molecule has 0 amide bonds. The van der Waals surface area contributed by atoms with Crippen LogP contribution in [-0.4, -0.2) is 22.6 Å². The monoisotopic (exact) mass is 255 g/mol. The zero-order valence-electron chi connectivity index (χ0n) is 11.4. The van der Waals surface area contributed by atoms with Crippen molar-refractivity contribution in [3.05, 3.63) is 16.5 Å². The third-order valence-corrected chi connectivity index (χ3v) is 3.15. The Morgan fingerprint density at radius 1 is 1.24 bits per heavy atom. The van der Waals surface area contributed by atoms with Gasteiger partial charge >= 0.3 is 0 Å². The highest BCUT2D eigenvalue weighted by atomic mass is 35.5. The molecular formula is C13H22ClN3. The third-order valence-electron chi connectivity index (χ3n) is 2.78. The predicted octanol–water partition coefficient (Wildman–Crippen LogP) is 3.63. The first-order valence-corrected chi connectivity index (χ1v) is 6.68. The lowest BCUT2D eigenvalue weighted by Gasteiger charge is -2.29. The SMILES string of the molecule is CCCN(c1nc(CC)nc(Cl)c1C)C(C)C. The summed E-state index contributed by atoms with van der Waals surface area (Å²) in [5.74, 6) is 1.80. The number of rotatable bonds is 5. The molecule has 4 heteroatoms. The predicted molar refractivity (Wildman–Crippen MR) is 73.9 cm³/mol. The molecule has 0 bridgehead atoms. The van der Waals surface area contributed by atoms with Crippen LogP contribution < -0.4 is 4.90 Å². The molecule has 0 radical (unpaired) electrons. The van der Waals surface area contributed by atoms with E-state index in [1.807, 2.05) is 13.8 Å². The summed E-state index contributed by atoms with van der Waals surface area (Å²) < 4.78 is 0. The van der Waals surface area contributed by atoms with E-state index >= 15 is 0 Å². The van der Waals surface area contributed by atoms with Gasteiger partial charge in [0.1, 0.15) is 16.8 Å². The van der Waals surface area contributed by atoms with Gasteiger partial charge in [-0.15, -0.1) is 0 Å². The van der Waals surface area contributed by atoms with Gasteiger partial charge in [-0.1, -0.05) is 25.4 Å². The first-order valence-electron chi connectivity index (χ1n) is 6.30. The second-order valence-corrected chi connectivity index (χ2v) is 4.88. The number of hydrogen-bond donors (Lipinski definition) is 0. The van der Waals surface area contributed by atoms with Gasteiger partial charge in [0.05, 0.1) is 0 Å². The van der Waals surface area contributed by atoms with Crippen LogP contribution in [0.15, 0.2) is 0 Å². The van der Waals surface area contributed by atoms with E-state index in [9.17, 15) is 0 Å². The molecule has 0 fully saturated rings. The molecule has 3 nitrogen and oxygen atoms in total. The fourth-order valence-corrected chi connectivity index (χ4v) is 1.99. The number of hydrogen-bond acceptors (Lipinski definition) is 3. The summed E-state index contributed by atoms with van der Waals surface area (Å²) in [6.45, 7) is 11.6. The van der Waals surface area contributed by atoms with Crippen LogP contribution in [0, 0.1) is 6.92 Å². The molecule has 0 aliphatic rings. The molecule has 0 aliphatic carbocycles. The molecule has 0 aliphatic heterocycles. The van der Waals surface area contributed by atoms with Crippen molar-refractivity contribution in [2.45, 2.75) is 53.5 Å². The van der Waals surface area contributed by atoms with E-state index < -0.39 is 0 Å². The zero-order chi connectivity index (χ0) is 13.0. The summed E-state index contributed by atoms with van der Waals surface area (Å²) in [6.07, 6.45) is 1.91. The van der Waals surface area contributed by atoms with Gasteiger partial charge in [-0.2, -0.15) is 0 Å². The molecule has 1 aromatic heterocycles. The van der Waals surface area contributed by atoms with Gasteiger partial charge in [-0.25, -0.2) is 9.97 Å². The van der Waals surface area contributed by atoms with Crippen LogP contribution in [0.4, 0.5) is 5.82 Å². The van der Waals surface area contributed by atoms with Crippen LogP contribution >= 0.6 is 11.6 Å². The highest BCUT2D eigenvalue weighted by Gasteiger charge is 2.17. The molecule has 1 aromatic rings. The van der Waals surface area contributed by atoms with Crippen molar-refractivity contribution in [2.75, 3.05) is 11.4 Å². The van der Waals surface area contributed by atoms with E-state index in [-0.39, 0.29) is 0 Å². The van der Waals surface area contributed by atoms with Crippen LogP contribution in [-0.2, 0) is 6.42 Å². The lowest BCUT2D eigenvalue weighted by Crippen LogP contribution is -2.33. The Kier molecular flexibility index (Phi) is 5.19. The third kappa shape index (κ3) is 3.32. The number of aromatic nitrogens is 2. The maximum absolute atomic E-state index is 6.17. The van der Waals surface area contributed by atoms with Crippen LogP contribution in [0.3, 0.4) is 0 Å². The molecule has 0 unspecified atom stereocenters. The minimum atomic E-state index is 0.421. The van der Waals surface area contributed by atoms with Crippen molar-refractivity contribution < 1.29 is 0 Å². The van der Waals surface area contributed by atoms with Crippen LogP contribution in [0.25, 0.3) is 0 Å². The molecule has 0 saturated heterocycles. The maximum atomic E-state index is 6.17. The topological polar surface area (TPSA) is 29.0 Å². The second-order valence-electron chi connectivity index (χ2n) is 4.52. The highest BCUT2D eigenvalue weighted by molar-refractivity contribution is 6.30. The van der Waals surface area contributed by atoms with E-state index in [2.05, 4.69) is 35.6 Å². The molecule has 0 N–H and O–H groups in total. The number of aryl methyl sites for hydroxylation is 1. The van der Waals surface area contributed by atoms with Crippen LogP contribution in [0.5, 0.6) is 0 Å². The number of halogens is 1. The Bertz CT molecular complexity index is 377. The minimum absolute atomic E-state index is 0.421. The van der Waals surface area contributed by atoms with Gasteiger partial charge in [-0.3, -0.25) is 0 Å². The van der Waals surface area contributed by atoms with Gasteiger partial charge in [0.25, 0.3) is 0 Å². The average Bonchev–Trinajstić information content (AvgIpc) is 2.29. The first-order chi connectivity index (χ1) is 8.01. The molecule has 0 saturated carbocycles. The molecule has 0 atom stereocenters. The van der Waals surface area contributed by atoms with Gasteiger partial charge in [-0.05, 0) is 27.2 Å². The molecule has 1 rings (SSSR count). The normalized spacial score (nSPS) is 11.0. The van der Waals surface area contributed by atoms with Crippen molar-refractivity contribution in [1.29, 1.82) is 0 Å². The lowest BCUT2D eigenvalue weighted by atomic mass is 10.2. The number of anilines is 1. The van der Waals surface area contributed by atoms with Crippen molar-refractivity contribution in [1.82, 2.24) is 9.97 Å². The molecule has 17 heavy (non-hydrogen) atoms. The van der Waals surface area contributed by atoms with Crippen molar-refractivity contribution in [3.63, 3.8) is 0 Å². The van der Waals surface area contributed by atoms with E-state index in [4.69, 9.17) is 11.6 Å². The fourth-order valence-electron chi connectivity index (χ4n) is 1.81. The summed E-state index contributed by atoms with van der Waals surface area (Å²) in [4.78, 5) is 11.2. The number of nitrogens with zero attached hydrogens (tertiary/aromatic N) is 3. The van der Waals surface area contributed by atoms with E-state index in [1.165, 1.54) is 0 Å². The van der Waals surface area contributed by atoms with Crippen LogP contribution in [0.1, 0.15) is 45.5 Å². The quantitative estimate of drug-likeness (QED) is 0.753. The largest absolute Gasteiger partial charge is 0.354 e. The van der Waals surface area contributed by atoms with E-state index in [0.717, 1.165) is 36.6 Å². The molecule has 1 heterocycles. The molecule has 0 spiro atoms. The summed E-state index contributed by atoms with van der Waals surface area (Å²) in [7, 11) is 0. The summed E-state index contributed by atoms with van der Waals surface area (Å²) in [5.41, 5.74) is 0.978. The summed E-state index contributed by atoms with van der Waals surface area (Å²) in [5, 5.41) is 0.577. The minimum Gasteiger partial charge on any atom is -0.354 e. The first kappa shape index (κ1) is 14.2. The maximum Gasteiger partial charge on any atom is 0.137 e. The van der Waals surface area contributed by atoms with Crippen molar-refractivity contribution in [3.8, 4) is 0 Å². The Balaban J connectivity index is 3.21. The fraction of sp³-hybridized carbons (Fsp3) is 0.692. The zero-order valence-corrected chi connectivity index (χ0v) is 12.2. The highest BCUT2D eigenvalue weighted by Crippen LogP contribution is 2.25. The summed E-state index contributed by atoms with van der Waals surface area (Å²) >= 11 is 6.17. The van der Waals surface area contributed by atoms with Crippen LogP contribution in [0.2, 0.25) is 5.15 Å². The summed E-state index contributed by atoms with van der Waals surface area (Å²) in [6, 6.07) is 0.421. The smallest absolute Gasteiger partial charge is 0.137 e. The van der Waals surface area contributed by atoms with Gasteiger partial charge in [0.15, 0.2) is 0 Å². The van der Waals surface area contributed by atoms with Crippen molar-refractivity contribution in [2.24, 2.45) is 0 Å². The molecule has 96 valence electrons. The van der Waals surface area contributed by atoms with Gasteiger partial charge in [0.2, 0.25) is 0 Å². The molecule has 0 aromatic carbocycles. The second kappa shape index (κ2) is 6.20. The standard InChI is InChI=1S/C13H22ClN3/c1-6-8-17(9(3)4)13-10(5)12(14)15-11(7-2)16-13/h9H,6-8H2,1-5H3. The van der Waals surface area contributed by atoms with Gasteiger partial charge < -0.3 is 4.90 Å². The Morgan fingerprint density at radius 2 is 1.88 bits per heavy atom. The van der Waals surface area contributed by atoms with E-state index in [0.29, 0.717) is 11.2 Å². The van der Waals surface area contributed by atoms with E-state index in [1.54, 1.807) is 0 Å². The lowest BCUT2D eigenvalue weighted by molar-refractivity contribution is 0.655. The Hall–Kier alpha value is -0.830. The Morgan fingerprint density at radius 3 is 2.35 bits per heavy atom. The van der Waals surface area contributed by atoms with Crippen molar-refractivity contribution >= 4 is 17.4 Å². The Labute approximate surface area is 109 Å². The average molecular weight is 256 g/mol. The molecular weight excluding hydrogens is 234 g/mol. The van der Waals surface area contributed by atoms with Gasteiger partial charge in [0, 0.05) is 24.6 Å².